The first kappa shape index (κ1) is 18.2. The highest BCUT2D eigenvalue weighted by Crippen LogP contribution is 2.20. The summed E-state index contributed by atoms with van der Waals surface area (Å²) in [4.78, 5) is 6.68. The van der Waals surface area contributed by atoms with Crippen LogP contribution in [0.3, 0.4) is 0 Å². The van der Waals surface area contributed by atoms with E-state index in [1.807, 2.05) is 27.7 Å². The third-order valence-corrected chi connectivity index (χ3v) is 5.43. The predicted octanol–water partition coefficient (Wildman–Crippen LogP) is 2.16. The van der Waals surface area contributed by atoms with E-state index < -0.39 is 10.0 Å². The van der Waals surface area contributed by atoms with E-state index in [1.165, 1.54) is 6.20 Å². The minimum absolute atomic E-state index is 0.0781. The highest BCUT2D eigenvalue weighted by Gasteiger charge is 2.24. The molecule has 0 saturated carbocycles. The van der Waals surface area contributed by atoms with Gasteiger partial charge in [0.1, 0.15) is 10.7 Å². The van der Waals surface area contributed by atoms with Gasteiger partial charge in [0.25, 0.3) is 0 Å². The molecule has 0 spiro atoms. The van der Waals surface area contributed by atoms with Crippen LogP contribution in [0, 0.1) is 0 Å². The molecule has 0 radical (unpaired) electrons. The summed E-state index contributed by atoms with van der Waals surface area (Å²) in [6, 6.07) is 3.31. The number of pyridine rings is 1. The average Bonchev–Trinajstić information content (AvgIpc) is 2.46. The zero-order chi connectivity index (χ0) is 17.0. The number of aromatic nitrogens is 1. The fourth-order valence-electron chi connectivity index (χ4n) is 2.91. The molecule has 23 heavy (non-hydrogen) atoms. The van der Waals surface area contributed by atoms with Crippen LogP contribution in [0.15, 0.2) is 23.2 Å². The van der Waals surface area contributed by atoms with E-state index in [9.17, 15) is 8.42 Å². The van der Waals surface area contributed by atoms with Gasteiger partial charge in [-0.2, -0.15) is 0 Å². The molecule has 0 aromatic carbocycles. The molecular weight excluding hydrogens is 314 g/mol. The summed E-state index contributed by atoms with van der Waals surface area (Å²) in [6.45, 7) is 9.48. The van der Waals surface area contributed by atoms with E-state index in [4.69, 9.17) is 4.74 Å². The van der Waals surface area contributed by atoms with Crippen LogP contribution in [0.25, 0.3) is 0 Å². The number of nitrogens with zero attached hydrogens (tertiary/aromatic N) is 2. The average molecular weight is 341 g/mol. The zero-order valence-electron chi connectivity index (χ0n) is 14.3. The van der Waals surface area contributed by atoms with Crippen LogP contribution in [-0.4, -0.2) is 44.7 Å². The lowest BCUT2D eigenvalue weighted by Gasteiger charge is -2.36. The molecule has 1 aliphatic rings. The zero-order valence-corrected chi connectivity index (χ0v) is 15.1. The molecule has 1 N–H and O–H groups in total. The Hall–Kier alpha value is -1.18. The fourth-order valence-corrected chi connectivity index (χ4v) is 4.13. The monoisotopic (exact) mass is 341 g/mol. The molecule has 2 heterocycles. The summed E-state index contributed by atoms with van der Waals surface area (Å²) >= 11 is 0. The summed E-state index contributed by atoms with van der Waals surface area (Å²) in [6.07, 6.45) is 3.46. The van der Waals surface area contributed by atoms with Gasteiger partial charge in [0.05, 0.1) is 12.2 Å². The molecule has 1 saturated heterocycles. The number of nitrogens with one attached hydrogen (secondary N) is 1. The van der Waals surface area contributed by atoms with Crippen molar-refractivity contribution in [2.75, 3.05) is 18.0 Å². The summed E-state index contributed by atoms with van der Waals surface area (Å²) in [5, 5.41) is 0. The van der Waals surface area contributed by atoms with Gasteiger partial charge in [-0.15, -0.1) is 0 Å². The Morgan fingerprint density at radius 2 is 2.00 bits per heavy atom. The molecule has 0 aliphatic carbocycles. The second kappa shape index (κ2) is 7.59. The van der Waals surface area contributed by atoms with Gasteiger partial charge in [0, 0.05) is 25.3 Å². The molecule has 7 heteroatoms. The first-order valence-corrected chi connectivity index (χ1v) is 9.69. The molecule has 3 atom stereocenters. The van der Waals surface area contributed by atoms with Gasteiger partial charge in [-0.1, -0.05) is 13.3 Å². The van der Waals surface area contributed by atoms with E-state index in [-0.39, 0.29) is 23.1 Å². The Morgan fingerprint density at radius 3 is 2.52 bits per heavy atom. The SMILES string of the molecule is CCCC(C)NS(=O)(=O)c1ccc(N2CC(C)OC(C)C2)nc1. The fraction of sp³-hybridized carbons (Fsp3) is 0.688. The first-order valence-electron chi connectivity index (χ1n) is 8.20. The largest absolute Gasteiger partial charge is 0.372 e. The molecular formula is C16H27N3O3S. The minimum atomic E-state index is -3.51. The van der Waals surface area contributed by atoms with Crippen molar-refractivity contribution in [3.8, 4) is 0 Å². The number of morpholine rings is 1. The van der Waals surface area contributed by atoms with E-state index in [1.54, 1.807) is 12.1 Å². The highest BCUT2D eigenvalue weighted by atomic mass is 32.2. The van der Waals surface area contributed by atoms with Gasteiger partial charge < -0.3 is 9.64 Å². The maximum atomic E-state index is 12.3. The van der Waals surface area contributed by atoms with Crippen molar-refractivity contribution < 1.29 is 13.2 Å². The normalized spacial score (nSPS) is 23.7. The number of anilines is 1. The van der Waals surface area contributed by atoms with Crippen molar-refractivity contribution in [1.82, 2.24) is 9.71 Å². The molecule has 1 aliphatic heterocycles. The highest BCUT2D eigenvalue weighted by molar-refractivity contribution is 7.89. The smallest absolute Gasteiger partial charge is 0.242 e. The number of hydrogen-bond donors (Lipinski definition) is 1. The topological polar surface area (TPSA) is 71.5 Å². The Balaban J connectivity index is 2.09. The van der Waals surface area contributed by atoms with Gasteiger partial charge >= 0.3 is 0 Å². The Bertz CT molecular complexity index is 594. The third kappa shape index (κ3) is 4.89. The van der Waals surface area contributed by atoms with E-state index in [0.717, 1.165) is 31.7 Å². The van der Waals surface area contributed by atoms with E-state index in [0.29, 0.717) is 0 Å². The summed E-state index contributed by atoms with van der Waals surface area (Å²) in [5.74, 6) is 0.785. The van der Waals surface area contributed by atoms with Gasteiger partial charge in [-0.05, 0) is 39.3 Å². The van der Waals surface area contributed by atoms with Crippen molar-refractivity contribution in [3.05, 3.63) is 18.3 Å². The van der Waals surface area contributed by atoms with Gasteiger partial charge in [0.2, 0.25) is 10.0 Å². The summed E-state index contributed by atoms with van der Waals surface area (Å²) < 4.78 is 33.0. The molecule has 0 bridgehead atoms. The minimum Gasteiger partial charge on any atom is -0.372 e. The Labute approximate surface area is 139 Å². The Kier molecular flexibility index (Phi) is 6.00. The lowest BCUT2D eigenvalue weighted by molar-refractivity contribution is -0.00546. The van der Waals surface area contributed by atoms with Gasteiger partial charge in [0.15, 0.2) is 0 Å². The van der Waals surface area contributed by atoms with E-state index in [2.05, 4.69) is 14.6 Å². The molecule has 6 nitrogen and oxygen atoms in total. The lowest BCUT2D eigenvalue weighted by atomic mass is 10.2. The van der Waals surface area contributed by atoms with Gasteiger partial charge in [-0.3, -0.25) is 0 Å². The summed E-state index contributed by atoms with van der Waals surface area (Å²) in [5.41, 5.74) is 0. The molecule has 0 amide bonds. The van der Waals surface area contributed by atoms with Crippen LogP contribution < -0.4 is 9.62 Å². The second-order valence-electron chi connectivity index (χ2n) is 6.33. The van der Waals surface area contributed by atoms with Crippen molar-refractivity contribution >= 4 is 15.8 Å². The van der Waals surface area contributed by atoms with Crippen LogP contribution in [0.2, 0.25) is 0 Å². The van der Waals surface area contributed by atoms with Crippen LogP contribution >= 0.6 is 0 Å². The Morgan fingerprint density at radius 1 is 1.35 bits per heavy atom. The second-order valence-corrected chi connectivity index (χ2v) is 8.04. The van der Waals surface area contributed by atoms with Crippen molar-refractivity contribution in [2.24, 2.45) is 0 Å². The summed E-state index contributed by atoms with van der Waals surface area (Å²) in [7, 11) is -3.51. The molecule has 1 aromatic heterocycles. The number of ether oxygens (including phenoxy) is 1. The molecule has 1 aromatic rings. The predicted molar refractivity (Wildman–Crippen MR) is 91.2 cm³/mol. The molecule has 2 rings (SSSR count). The molecule has 130 valence electrons. The molecule has 1 fully saturated rings. The quantitative estimate of drug-likeness (QED) is 0.858. The van der Waals surface area contributed by atoms with Crippen LogP contribution in [0.1, 0.15) is 40.5 Å². The van der Waals surface area contributed by atoms with Crippen molar-refractivity contribution in [1.29, 1.82) is 0 Å². The maximum absolute atomic E-state index is 12.3. The third-order valence-electron chi connectivity index (χ3n) is 3.85. The van der Waals surface area contributed by atoms with Gasteiger partial charge in [-0.25, -0.2) is 18.1 Å². The van der Waals surface area contributed by atoms with Crippen molar-refractivity contribution in [3.63, 3.8) is 0 Å². The number of rotatable bonds is 6. The van der Waals surface area contributed by atoms with E-state index >= 15 is 0 Å². The molecule has 3 unspecified atom stereocenters. The maximum Gasteiger partial charge on any atom is 0.242 e. The number of sulfonamides is 1. The first-order chi connectivity index (χ1) is 10.8. The van der Waals surface area contributed by atoms with Crippen LogP contribution in [0.5, 0.6) is 0 Å². The van der Waals surface area contributed by atoms with Crippen LogP contribution in [0.4, 0.5) is 5.82 Å². The standard InChI is InChI=1S/C16H27N3O3S/c1-5-6-12(2)18-23(20,21)15-7-8-16(17-9-15)19-10-13(3)22-14(4)11-19/h7-9,12-14,18H,5-6,10-11H2,1-4H3. The number of hydrogen-bond acceptors (Lipinski definition) is 5. The van der Waals surface area contributed by atoms with Crippen LogP contribution in [-0.2, 0) is 14.8 Å². The van der Waals surface area contributed by atoms with Crippen molar-refractivity contribution in [2.45, 2.75) is 63.7 Å². The lowest BCUT2D eigenvalue weighted by Crippen LogP contribution is -2.45.